The van der Waals surface area contributed by atoms with Crippen molar-refractivity contribution in [3.05, 3.63) is 34.9 Å². The van der Waals surface area contributed by atoms with Gasteiger partial charge in [-0.15, -0.1) is 0 Å². The van der Waals surface area contributed by atoms with E-state index < -0.39 is 0 Å². The van der Waals surface area contributed by atoms with Crippen molar-refractivity contribution in [2.75, 3.05) is 6.54 Å². The fourth-order valence-electron chi connectivity index (χ4n) is 2.88. The average Bonchev–Trinajstić information content (AvgIpc) is 2.42. The predicted molar refractivity (Wildman–Crippen MR) is 77.4 cm³/mol. The second-order valence-electron chi connectivity index (χ2n) is 5.38. The molecular weight excluding hydrogens is 238 g/mol. The first-order chi connectivity index (χ1) is 9.13. The van der Waals surface area contributed by atoms with Gasteiger partial charge in [0.2, 0.25) is 0 Å². The van der Waals surface area contributed by atoms with E-state index in [4.69, 9.17) is 10.9 Å². The number of likely N-dealkylation sites (tertiary alicyclic amines) is 1. The van der Waals surface area contributed by atoms with E-state index in [1.807, 2.05) is 0 Å². The van der Waals surface area contributed by atoms with Crippen LogP contribution in [0.2, 0.25) is 0 Å². The van der Waals surface area contributed by atoms with Crippen LogP contribution in [0, 0.1) is 13.8 Å². The van der Waals surface area contributed by atoms with Gasteiger partial charge in [0, 0.05) is 6.54 Å². The first-order valence-electron chi connectivity index (χ1n) is 6.90. The van der Waals surface area contributed by atoms with Crippen LogP contribution in [-0.4, -0.2) is 28.5 Å². The third kappa shape index (κ3) is 3.07. The van der Waals surface area contributed by atoms with Gasteiger partial charge in [-0.25, -0.2) is 0 Å². The van der Waals surface area contributed by atoms with Crippen LogP contribution >= 0.6 is 0 Å². The van der Waals surface area contributed by atoms with E-state index in [9.17, 15) is 0 Å². The molecule has 1 atom stereocenters. The van der Waals surface area contributed by atoms with Gasteiger partial charge in [0.15, 0.2) is 5.84 Å². The minimum Gasteiger partial charge on any atom is -0.409 e. The zero-order valence-electron chi connectivity index (χ0n) is 11.8. The van der Waals surface area contributed by atoms with Crippen molar-refractivity contribution in [3.8, 4) is 0 Å². The fourth-order valence-corrected chi connectivity index (χ4v) is 2.88. The number of nitrogens with zero attached hydrogens (tertiary/aromatic N) is 2. The van der Waals surface area contributed by atoms with Gasteiger partial charge in [0.25, 0.3) is 0 Å². The first kappa shape index (κ1) is 13.9. The van der Waals surface area contributed by atoms with Crippen molar-refractivity contribution in [1.82, 2.24) is 4.90 Å². The quantitative estimate of drug-likeness (QED) is 0.380. The molecular formula is C15H23N3O. The molecule has 1 aliphatic heterocycles. The molecule has 1 unspecified atom stereocenters. The Hall–Kier alpha value is -1.55. The van der Waals surface area contributed by atoms with Gasteiger partial charge in [-0.05, 0) is 49.9 Å². The van der Waals surface area contributed by atoms with Crippen LogP contribution in [0.1, 0.15) is 36.0 Å². The molecule has 1 aliphatic rings. The molecule has 19 heavy (non-hydrogen) atoms. The lowest BCUT2D eigenvalue weighted by molar-refractivity contribution is 0.177. The largest absolute Gasteiger partial charge is 0.409 e. The molecule has 0 bridgehead atoms. The molecule has 0 amide bonds. The number of piperidine rings is 1. The van der Waals surface area contributed by atoms with Gasteiger partial charge in [-0.3, -0.25) is 4.90 Å². The van der Waals surface area contributed by atoms with Crippen LogP contribution in [-0.2, 0) is 6.54 Å². The van der Waals surface area contributed by atoms with Gasteiger partial charge < -0.3 is 10.9 Å². The lowest BCUT2D eigenvalue weighted by atomic mass is 9.97. The van der Waals surface area contributed by atoms with Crippen LogP contribution in [0.3, 0.4) is 0 Å². The van der Waals surface area contributed by atoms with E-state index >= 15 is 0 Å². The van der Waals surface area contributed by atoms with E-state index in [1.54, 1.807) is 0 Å². The highest BCUT2D eigenvalue weighted by Gasteiger charge is 2.26. The van der Waals surface area contributed by atoms with Crippen molar-refractivity contribution in [2.24, 2.45) is 10.9 Å². The maximum absolute atomic E-state index is 8.92. The van der Waals surface area contributed by atoms with Crippen LogP contribution in [0.4, 0.5) is 0 Å². The van der Waals surface area contributed by atoms with Gasteiger partial charge in [-0.1, -0.05) is 29.8 Å². The number of hydrogen-bond acceptors (Lipinski definition) is 3. The van der Waals surface area contributed by atoms with Crippen LogP contribution in [0.15, 0.2) is 23.4 Å². The van der Waals surface area contributed by atoms with Gasteiger partial charge in [0.05, 0.1) is 6.04 Å². The lowest BCUT2D eigenvalue weighted by Crippen LogP contribution is -2.47. The summed E-state index contributed by atoms with van der Waals surface area (Å²) in [6, 6.07) is 6.44. The number of oxime groups is 1. The van der Waals surface area contributed by atoms with Crippen molar-refractivity contribution in [2.45, 2.75) is 45.7 Å². The molecule has 1 aromatic carbocycles. The summed E-state index contributed by atoms with van der Waals surface area (Å²) >= 11 is 0. The van der Waals surface area contributed by atoms with Crippen molar-refractivity contribution >= 4 is 5.84 Å². The Morgan fingerprint density at radius 1 is 1.37 bits per heavy atom. The van der Waals surface area contributed by atoms with E-state index in [-0.39, 0.29) is 6.04 Å². The summed E-state index contributed by atoms with van der Waals surface area (Å²) in [6.07, 6.45) is 3.30. The number of rotatable bonds is 3. The van der Waals surface area contributed by atoms with Gasteiger partial charge >= 0.3 is 0 Å². The highest BCUT2D eigenvalue weighted by Crippen LogP contribution is 2.23. The number of amidine groups is 1. The van der Waals surface area contributed by atoms with Gasteiger partial charge in [-0.2, -0.15) is 0 Å². The first-order valence-corrected chi connectivity index (χ1v) is 6.90. The normalized spacial score (nSPS) is 21.6. The fraction of sp³-hybridized carbons (Fsp3) is 0.533. The van der Waals surface area contributed by atoms with Gasteiger partial charge in [0.1, 0.15) is 0 Å². The summed E-state index contributed by atoms with van der Waals surface area (Å²) in [5.41, 5.74) is 9.81. The monoisotopic (exact) mass is 261 g/mol. The summed E-state index contributed by atoms with van der Waals surface area (Å²) in [5, 5.41) is 12.1. The Bertz CT molecular complexity index is 450. The molecule has 0 aromatic heterocycles. The summed E-state index contributed by atoms with van der Waals surface area (Å²) in [4.78, 5) is 2.33. The Kier molecular flexibility index (Phi) is 4.43. The predicted octanol–water partition coefficient (Wildman–Crippen LogP) is 2.40. The summed E-state index contributed by atoms with van der Waals surface area (Å²) in [7, 11) is 0. The second kappa shape index (κ2) is 6.06. The summed E-state index contributed by atoms with van der Waals surface area (Å²) in [6.45, 7) is 6.17. The minimum absolute atomic E-state index is 0.0674. The third-order valence-corrected chi connectivity index (χ3v) is 4.08. The highest BCUT2D eigenvalue weighted by atomic mass is 16.4. The highest BCUT2D eigenvalue weighted by molar-refractivity contribution is 5.85. The molecule has 1 fully saturated rings. The van der Waals surface area contributed by atoms with Crippen LogP contribution in [0.5, 0.6) is 0 Å². The Morgan fingerprint density at radius 3 is 2.68 bits per heavy atom. The van der Waals surface area contributed by atoms with E-state index in [2.05, 4.69) is 42.1 Å². The topological polar surface area (TPSA) is 61.8 Å². The van der Waals surface area contributed by atoms with Crippen molar-refractivity contribution < 1.29 is 5.21 Å². The Morgan fingerprint density at radius 2 is 2.05 bits per heavy atom. The summed E-state index contributed by atoms with van der Waals surface area (Å²) < 4.78 is 0. The molecule has 104 valence electrons. The summed E-state index contributed by atoms with van der Waals surface area (Å²) in [5.74, 6) is 0.339. The maximum Gasteiger partial charge on any atom is 0.156 e. The molecule has 1 heterocycles. The molecule has 1 aromatic rings. The average molecular weight is 261 g/mol. The molecule has 0 aliphatic carbocycles. The molecule has 4 nitrogen and oxygen atoms in total. The van der Waals surface area contributed by atoms with Crippen LogP contribution < -0.4 is 5.73 Å². The Balaban J connectivity index is 2.20. The van der Waals surface area contributed by atoms with Crippen LogP contribution in [0.25, 0.3) is 0 Å². The molecule has 3 N–H and O–H groups in total. The third-order valence-electron chi connectivity index (χ3n) is 4.08. The molecule has 1 saturated heterocycles. The molecule has 0 saturated carbocycles. The standard InChI is InChI=1S/C15H23N3O/c1-11-6-5-7-12(2)13(11)10-18-9-4-3-8-14(18)15(16)17-19/h5-7,14,19H,3-4,8-10H2,1-2H3,(H2,16,17). The zero-order chi connectivity index (χ0) is 13.8. The molecule has 4 heteroatoms. The van der Waals surface area contributed by atoms with E-state index in [0.717, 1.165) is 25.9 Å². The smallest absolute Gasteiger partial charge is 0.156 e. The van der Waals surface area contributed by atoms with E-state index in [1.165, 1.54) is 23.1 Å². The SMILES string of the molecule is Cc1cccc(C)c1CN1CCCCC1/C(N)=N/O. The molecule has 0 spiro atoms. The molecule has 2 rings (SSSR count). The second-order valence-corrected chi connectivity index (χ2v) is 5.38. The number of aryl methyl sites for hydroxylation is 2. The number of nitrogens with two attached hydrogens (primary N) is 1. The number of hydrogen-bond donors (Lipinski definition) is 2. The van der Waals surface area contributed by atoms with Crippen molar-refractivity contribution in [3.63, 3.8) is 0 Å². The van der Waals surface area contributed by atoms with E-state index in [0.29, 0.717) is 5.84 Å². The minimum atomic E-state index is 0.0674. The molecule has 0 radical (unpaired) electrons. The maximum atomic E-state index is 8.92. The van der Waals surface area contributed by atoms with Crippen molar-refractivity contribution in [1.29, 1.82) is 0 Å². The Labute approximate surface area is 114 Å². The zero-order valence-corrected chi connectivity index (χ0v) is 11.8. The number of benzene rings is 1. The lowest BCUT2D eigenvalue weighted by Gasteiger charge is -2.35.